The number of allylic oxidation sites excluding steroid dienone is 4. The minimum atomic E-state index is -1.90. The van der Waals surface area contributed by atoms with E-state index in [1.807, 2.05) is 27.7 Å². The lowest BCUT2D eigenvalue weighted by atomic mass is 9.21. The highest BCUT2D eigenvalue weighted by atomic mass is 16.6. The topological polar surface area (TPSA) is 278 Å². The first kappa shape index (κ1) is 79.6. The third-order valence-corrected chi connectivity index (χ3v) is 21.2. The molecule has 92 heavy (non-hydrogen) atoms. The number of aliphatic hydroxyl groups excluding tert-OH is 6. The third-order valence-electron chi connectivity index (χ3n) is 21.2. The molecule has 5 aliphatic rings. The fraction of sp³-hybridized carbons (Fsp3) is 0.890. The van der Waals surface area contributed by atoms with Crippen LogP contribution in [0.3, 0.4) is 0 Å². The van der Waals surface area contributed by atoms with Gasteiger partial charge in [0, 0.05) is 100 Å². The summed E-state index contributed by atoms with van der Waals surface area (Å²) in [6, 6.07) is 0. The van der Waals surface area contributed by atoms with E-state index < -0.39 is 88.6 Å². The molecule has 1 heterocycles. The number of nitrogens with zero attached hydrogens (tertiary/aromatic N) is 1. The molecule has 0 aromatic carbocycles. The molecule has 0 aromatic rings. The Labute approximate surface area is 554 Å². The Morgan fingerprint density at radius 1 is 0.565 bits per heavy atom. The number of hydrogen-bond donors (Lipinski definition) is 10. The predicted octanol–water partition coefficient (Wildman–Crippen LogP) is 9.20. The van der Waals surface area contributed by atoms with Gasteiger partial charge >= 0.3 is 0 Å². The molecule has 0 bridgehead atoms. The van der Waals surface area contributed by atoms with Crippen LogP contribution in [0.2, 0.25) is 0 Å². The van der Waals surface area contributed by atoms with Crippen molar-refractivity contribution in [2.45, 2.75) is 307 Å². The molecular formula is C73H131N5O14. The normalized spacial score (nSPS) is 24.9. The fourth-order valence-electron chi connectivity index (χ4n) is 15.6. The average Bonchev–Trinajstić information content (AvgIpc) is 1.35. The number of hydrogen-bond acceptors (Lipinski definition) is 15. The van der Waals surface area contributed by atoms with Crippen molar-refractivity contribution in [1.29, 1.82) is 0 Å². The van der Waals surface area contributed by atoms with E-state index in [-0.39, 0.29) is 49.8 Å². The summed E-state index contributed by atoms with van der Waals surface area (Å²) in [6.07, 6.45) is 37.5. The Morgan fingerprint density at radius 3 is 1.48 bits per heavy atom. The van der Waals surface area contributed by atoms with Crippen molar-refractivity contribution >= 4 is 23.6 Å². The Kier molecular flexibility index (Phi) is 36.2. The maximum Gasteiger partial charge on any atom is 0.251 e. The van der Waals surface area contributed by atoms with E-state index in [9.17, 15) is 49.8 Å². The van der Waals surface area contributed by atoms with Gasteiger partial charge in [0.2, 0.25) is 17.7 Å². The second-order valence-corrected chi connectivity index (χ2v) is 29.0. The summed E-state index contributed by atoms with van der Waals surface area (Å²) >= 11 is 0. The zero-order chi connectivity index (χ0) is 66.9. The molecule has 0 radical (unpaired) electrons. The lowest BCUT2D eigenvalue weighted by Gasteiger charge is -2.88. The van der Waals surface area contributed by atoms with Gasteiger partial charge in [-0.15, -0.1) is 0 Å². The van der Waals surface area contributed by atoms with Gasteiger partial charge in [-0.2, -0.15) is 0 Å². The van der Waals surface area contributed by atoms with Crippen molar-refractivity contribution in [3.8, 4) is 0 Å². The van der Waals surface area contributed by atoms with E-state index in [1.54, 1.807) is 0 Å². The van der Waals surface area contributed by atoms with Gasteiger partial charge in [-0.05, 0) is 118 Å². The summed E-state index contributed by atoms with van der Waals surface area (Å²) in [5.74, 6) is -2.67. The SMILES string of the molecule is CCCCCCCCC=CCCCCCCCC(=O)NCCN(CCNC(=O)CCCCCCCC=CCCCCCCCC)CCNC(=O)CCOC(C)(C)CCOC(C)(C)CCOCCNC(=O)C(O)C(O)C(C(O)CO)C1C2OC34CCC35C(O)C(O)C5C214. The maximum absolute atomic E-state index is 13.0. The van der Waals surface area contributed by atoms with Crippen molar-refractivity contribution in [2.75, 3.05) is 78.8 Å². The predicted molar refractivity (Wildman–Crippen MR) is 361 cm³/mol. The number of carbonyl (C=O) groups is 4. The zero-order valence-corrected chi connectivity index (χ0v) is 58.2. The molecule has 5 fully saturated rings. The number of aliphatic hydroxyl groups is 6. The van der Waals surface area contributed by atoms with Gasteiger partial charge in [-0.25, -0.2) is 0 Å². The molecule has 4 saturated carbocycles. The highest BCUT2D eigenvalue weighted by Gasteiger charge is 3.08. The maximum atomic E-state index is 13.0. The summed E-state index contributed by atoms with van der Waals surface area (Å²) in [6.45, 7) is 16.0. The number of nitrogens with one attached hydrogen (secondary N) is 4. The van der Waals surface area contributed by atoms with E-state index in [0.29, 0.717) is 84.6 Å². The van der Waals surface area contributed by atoms with E-state index in [2.05, 4.69) is 64.3 Å². The summed E-state index contributed by atoms with van der Waals surface area (Å²) in [4.78, 5) is 53.8. The molecule has 19 nitrogen and oxygen atoms in total. The van der Waals surface area contributed by atoms with E-state index in [0.717, 1.165) is 57.8 Å². The van der Waals surface area contributed by atoms with Gasteiger partial charge in [0.05, 0.1) is 73.8 Å². The van der Waals surface area contributed by atoms with Crippen LogP contribution >= 0.6 is 0 Å². The third kappa shape index (κ3) is 23.3. The Balaban J connectivity index is 0.903. The molecule has 0 aromatic heterocycles. The van der Waals surface area contributed by atoms with Gasteiger partial charge in [0.1, 0.15) is 0 Å². The highest BCUT2D eigenvalue weighted by molar-refractivity contribution is 5.81. The van der Waals surface area contributed by atoms with E-state index in [1.165, 1.54) is 116 Å². The Morgan fingerprint density at radius 2 is 1.01 bits per heavy atom. The van der Waals surface area contributed by atoms with Crippen molar-refractivity contribution in [3.05, 3.63) is 24.3 Å². The first-order valence-corrected chi connectivity index (χ1v) is 37.0. The van der Waals surface area contributed by atoms with Gasteiger partial charge in [-0.3, -0.25) is 24.1 Å². The molecule has 5 rings (SSSR count). The average molecular weight is 1300 g/mol. The van der Waals surface area contributed by atoms with Crippen LogP contribution < -0.4 is 21.3 Å². The standard InChI is InChI=1S/C73H131N5O14/c1-7-9-11-13-15-17-19-21-23-25-27-29-31-33-35-37-57(81)74-44-48-78(49-45-75-58(82)38-36-34-32-30-28-26-24-22-20-18-16-14-12-10-8-2)50-46-76-59(83)39-51-90-70(5,6)43-53-91-69(3,4)42-52-89-54-47-77-68(88)63(85)62(84)60(56(80)55-79)61-67-73(61)65-64(86)66(87)71(65)40-41-72(71,73)92-67/h21-24,56,60-67,79-80,84-87H,7-20,25-55H2,1-6H3,(H,74,81)(H,75,82)(H,76,83)(H,77,88). The highest BCUT2D eigenvalue weighted by Crippen LogP contribution is 3.00. The van der Waals surface area contributed by atoms with Crippen LogP contribution in [0.4, 0.5) is 0 Å². The second-order valence-electron chi connectivity index (χ2n) is 29.0. The molecule has 12 atom stereocenters. The molecule has 532 valence electrons. The van der Waals surface area contributed by atoms with Crippen molar-refractivity contribution in [1.82, 2.24) is 26.2 Å². The van der Waals surface area contributed by atoms with Crippen LogP contribution in [0, 0.1) is 28.6 Å². The fourth-order valence-corrected chi connectivity index (χ4v) is 15.6. The van der Waals surface area contributed by atoms with Crippen LogP contribution in [-0.2, 0) is 38.1 Å². The van der Waals surface area contributed by atoms with E-state index >= 15 is 0 Å². The molecule has 3 spiro atoms. The van der Waals surface area contributed by atoms with E-state index in [4.69, 9.17) is 18.9 Å². The molecule has 10 N–H and O–H groups in total. The first-order chi connectivity index (χ1) is 44.3. The number of unbranched alkanes of at least 4 members (excludes halogenated alkanes) is 22. The number of ether oxygens (including phenoxy) is 4. The molecule has 4 amide bonds. The molecule has 1 saturated heterocycles. The summed E-state index contributed by atoms with van der Waals surface area (Å²) in [5.41, 5.74) is -2.80. The molecule has 12 unspecified atom stereocenters. The van der Waals surface area contributed by atoms with Crippen molar-refractivity contribution in [3.63, 3.8) is 0 Å². The molecular weight excluding hydrogens is 1170 g/mol. The minimum absolute atomic E-state index is 0.0505. The van der Waals surface area contributed by atoms with Crippen LogP contribution in [0.25, 0.3) is 0 Å². The smallest absolute Gasteiger partial charge is 0.251 e. The number of amides is 4. The van der Waals surface area contributed by atoms with Gasteiger partial charge in [0.25, 0.3) is 5.91 Å². The van der Waals surface area contributed by atoms with Crippen molar-refractivity contribution < 1.29 is 68.8 Å². The lowest BCUT2D eigenvalue weighted by Crippen LogP contribution is -2.97. The monoisotopic (exact) mass is 1300 g/mol. The Hall–Kier alpha value is -3.08. The number of rotatable bonds is 59. The molecule has 4 aliphatic carbocycles. The summed E-state index contributed by atoms with van der Waals surface area (Å²) in [7, 11) is 0. The van der Waals surface area contributed by atoms with Crippen LogP contribution in [-0.4, -0.2) is 191 Å². The summed E-state index contributed by atoms with van der Waals surface area (Å²) < 4.78 is 24.4. The van der Waals surface area contributed by atoms with Crippen LogP contribution in [0.5, 0.6) is 0 Å². The Bertz CT molecular complexity index is 2110. The molecule has 1 aliphatic heterocycles. The number of carbonyl (C=O) groups excluding carboxylic acids is 4. The van der Waals surface area contributed by atoms with Crippen LogP contribution in [0.15, 0.2) is 24.3 Å². The quantitative estimate of drug-likeness (QED) is 0.0201. The minimum Gasteiger partial charge on any atom is -0.394 e. The second kappa shape index (κ2) is 41.9. The summed E-state index contributed by atoms with van der Waals surface area (Å²) in [5, 5.41) is 76.2. The molecule has 19 heteroatoms. The largest absolute Gasteiger partial charge is 0.394 e. The van der Waals surface area contributed by atoms with Gasteiger partial charge in [0.15, 0.2) is 6.10 Å². The van der Waals surface area contributed by atoms with Crippen molar-refractivity contribution in [2.24, 2.45) is 28.6 Å². The van der Waals surface area contributed by atoms with Crippen LogP contribution in [0.1, 0.15) is 253 Å². The van der Waals surface area contributed by atoms with Gasteiger partial charge < -0.3 is 70.9 Å². The first-order valence-electron chi connectivity index (χ1n) is 37.0. The lowest BCUT2D eigenvalue weighted by molar-refractivity contribution is -0.517. The zero-order valence-electron chi connectivity index (χ0n) is 58.2. The van der Waals surface area contributed by atoms with Gasteiger partial charge in [-0.1, -0.05) is 141 Å².